The van der Waals surface area contributed by atoms with Gasteiger partial charge in [-0.25, -0.2) is 9.78 Å². The third-order valence-corrected chi connectivity index (χ3v) is 4.50. The Hall–Kier alpha value is -2.89. The van der Waals surface area contributed by atoms with Gasteiger partial charge >= 0.3 is 5.63 Å². The second-order valence-electron chi connectivity index (χ2n) is 6.84. The number of hydrogen-bond acceptors (Lipinski definition) is 4. The molecule has 6 heteroatoms. The number of carbonyl (C=O) groups excluding carboxylic acids is 1. The molecule has 2 heterocycles. The van der Waals surface area contributed by atoms with Crippen molar-refractivity contribution >= 4 is 16.9 Å². The molecule has 0 saturated carbocycles. The third kappa shape index (κ3) is 3.69. The molecule has 0 saturated heterocycles. The van der Waals surface area contributed by atoms with Crippen molar-refractivity contribution in [3.05, 3.63) is 64.0 Å². The van der Waals surface area contributed by atoms with Crippen molar-refractivity contribution in [2.75, 3.05) is 0 Å². The van der Waals surface area contributed by atoms with Crippen LogP contribution in [0, 0.1) is 6.92 Å². The first-order valence-corrected chi connectivity index (χ1v) is 8.64. The molecule has 1 amide bonds. The van der Waals surface area contributed by atoms with Gasteiger partial charge in [-0.05, 0) is 38.0 Å². The first-order valence-electron chi connectivity index (χ1n) is 8.64. The van der Waals surface area contributed by atoms with E-state index in [2.05, 4.69) is 4.98 Å². The van der Waals surface area contributed by atoms with Crippen LogP contribution in [0.5, 0.6) is 0 Å². The van der Waals surface area contributed by atoms with Crippen LogP contribution >= 0.6 is 0 Å². The monoisotopic (exact) mass is 353 g/mol. The summed E-state index contributed by atoms with van der Waals surface area (Å²) in [5.41, 5.74) is 1.76. The molecule has 2 aromatic heterocycles. The molecule has 0 atom stereocenters. The van der Waals surface area contributed by atoms with E-state index in [9.17, 15) is 9.59 Å². The maximum atomic E-state index is 13.0. The van der Waals surface area contributed by atoms with Crippen LogP contribution in [0.25, 0.3) is 11.0 Å². The maximum Gasteiger partial charge on any atom is 0.336 e. The molecule has 0 bridgehead atoms. The van der Waals surface area contributed by atoms with Crippen LogP contribution in [0.4, 0.5) is 0 Å². The number of amides is 1. The van der Waals surface area contributed by atoms with Gasteiger partial charge in [-0.15, -0.1) is 0 Å². The van der Waals surface area contributed by atoms with Gasteiger partial charge in [-0.2, -0.15) is 0 Å². The molecule has 136 valence electrons. The van der Waals surface area contributed by atoms with E-state index in [4.69, 9.17) is 4.42 Å². The van der Waals surface area contributed by atoms with E-state index in [0.717, 1.165) is 16.8 Å². The number of hydrogen-bond donors (Lipinski definition) is 0. The lowest BCUT2D eigenvalue weighted by Crippen LogP contribution is -2.38. The van der Waals surface area contributed by atoms with Gasteiger partial charge in [0.2, 0.25) is 5.91 Å². The second kappa shape index (κ2) is 7.15. The molecule has 0 N–H and O–H groups in total. The summed E-state index contributed by atoms with van der Waals surface area (Å²) >= 11 is 0. The highest BCUT2D eigenvalue weighted by molar-refractivity contribution is 5.87. The van der Waals surface area contributed by atoms with Crippen molar-refractivity contribution in [3.63, 3.8) is 0 Å². The van der Waals surface area contributed by atoms with Crippen molar-refractivity contribution in [1.29, 1.82) is 0 Å². The first kappa shape index (κ1) is 17.9. The van der Waals surface area contributed by atoms with Gasteiger partial charge in [0.15, 0.2) is 0 Å². The Kier molecular flexibility index (Phi) is 4.93. The van der Waals surface area contributed by atoms with Crippen LogP contribution < -0.4 is 5.63 Å². The highest BCUT2D eigenvalue weighted by Crippen LogP contribution is 2.20. The number of imidazole rings is 1. The van der Waals surface area contributed by atoms with Gasteiger partial charge in [-0.3, -0.25) is 4.79 Å². The summed E-state index contributed by atoms with van der Waals surface area (Å²) < 4.78 is 7.18. The summed E-state index contributed by atoms with van der Waals surface area (Å²) in [6.45, 7) is 6.31. The molecule has 0 radical (unpaired) electrons. The Bertz CT molecular complexity index is 1000. The van der Waals surface area contributed by atoms with E-state index >= 15 is 0 Å². The van der Waals surface area contributed by atoms with E-state index in [0.29, 0.717) is 17.7 Å². The quantitative estimate of drug-likeness (QED) is 0.662. The second-order valence-corrected chi connectivity index (χ2v) is 6.84. The molecule has 0 fully saturated rings. The molecule has 0 spiro atoms. The van der Waals surface area contributed by atoms with Crippen LogP contribution in [-0.2, 0) is 24.8 Å². The van der Waals surface area contributed by atoms with Crippen molar-refractivity contribution in [2.45, 2.75) is 39.8 Å². The predicted molar refractivity (Wildman–Crippen MR) is 99.8 cm³/mol. The van der Waals surface area contributed by atoms with Gasteiger partial charge in [-0.1, -0.05) is 12.1 Å². The van der Waals surface area contributed by atoms with E-state index in [1.165, 1.54) is 6.07 Å². The molecule has 6 nitrogen and oxygen atoms in total. The lowest BCUT2D eigenvalue weighted by atomic mass is 10.0. The SMILES string of the molecule is Cc1ccc2c(CC(=O)N(Cc3nccn3C)C(C)C)cc(=O)oc2c1. The highest BCUT2D eigenvalue weighted by atomic mass is 16.4. The molecule has 3 aromatic rings. The molecule has 0 aliphatic rings. The van der Waals surface area contributed by atoms with E-state index in [1.807, 2.05) is 56.8 Å². The van der Waals surface area contributed by atoms with Crippen LogP contribution in [0.2, 0.25) is 0 Å². The Labute approximate surface area is 152 Å². The zero-order chi connectivity index (χ0) is 18.8. The number of aromatic nitrogens is 2. The zero-order valence-electron chi connectivity index (χ0n) is 15.5. The number of carbonyl (C=O) groups is 1. The number of benzene rings is 1. The summed E-state index contributed by atoms with van der Waals surface area (Å²) in [4.78, 5) is 30.9. The van der Waals surface area contributed by atoms with Crippen molar-refractivity contribution in [2.24, 2.45) is 7.05 Å². The van der Waals surface area contributed by atoms with Crippen molar-refractivity contribution < 1.29 is 9.21 Å². The summed E-state index contributed by atoms with van der Waals surface area (Å²) in [7, 11) is 1.91. The molecule has 0 unspecified atom stereocenters. The third-order valence-electron chi connectivity index (χ3n) is 4.50. The van der Waals surface area contributed by atoms with E-state index in [-0.39, 0.29) is 18.4 Å². The fourth-order valence-electron chi connectivity index (χ4n) is 3.01. The Morgan fingerprint density at radius 1 is 1.31 bits per heavy atom. The highest BCUT2D eigenvalue weighted by Gasteiger charge is 2.21. The lowest BCUT2D eigenvalue weighted by molar-refractivity contribution is -0.132. The van der Waals surface area contributed by atoms with Crippen molar-refractivity contribution in [1.82, 2.24) is 14.5 Å². The topological polar surface area (TPSA) is 68.3 Å². The molecule has 0 aliphatic heterocycles. The Morgan fingerprint density at radius 2 is 2.08 bits per heavy atom. The standard InChI is InChI=1S/C20H23N3O3/c1-13(2)23(12-18-21-7-8-22(18)4)19(24)10-15-11-20(25)26-17-9-14(3)5-6-16(15)17/h5-9,11,13H,10,12H2,1-4H3. The van der Waals surface area contributed by atoms with Crippen LogP contribution in [0.15, 0.2) is 45.9 Å². The Morgan fingerprint density at radius 3 is 2.73 bits per heavy atom. The average Bonchev–Trinajstić information content (AvgIpc) is 2.96. The van der Waals surface area contributed by atoms with E-state index < -0.39 is 5.63 Å². The largest absolute Gasteiger partial charge is 0.423 e. The zero-order valence-corrected chi connectivity index (χ0v) is 15.5. The molecule has 26 heavy (non-hydrogen) atoms. The summed E-state index contributed by atoms with van der Waals surface area (Å²) in [6.07, 6.45) is 3.72. The summed E-state index contributed by atoms with van der Waals surface area (Å²) in [5.74, 6) is 0.774. The van der Waals surface area contributed by atoms with Crippen LogP contribution in [-0.4, -0.2) is 26.4 Å². The minimum absolute atomic E-state index is 0.0211. The number of nitrogens with zero attached hydrogens (tertiary/aromatic N) is 3. The van der Waals surface area contributed by atoms with Gasteiger partial charge in [0.1, 0.15) is 11.4 Å². The van der Waals surface area contributed by atoms with Gasteiger partial charge in [0.25, 0.3) is 0 Å². The predicted octanol–water partition coefficient (Wildman–Crippen LogP) is 2.81. The van der Waals surface area contributed by atoms with Gasteiger partial charge in [0.05, 0.1) is 13.0 Å². The molecular weight excluding hydrogens is 330 g/mol. The molecule has 1 aromatic carbocycles. The Balaban J connectivity index is 1.91. The number of fused-ring (bicyclic) bond motifs is 1. The smallest absolute Gasteiger partial charge is 0.336 e. The maximum absolute atomic E-state index is 13.0. The fourth-order valence-corrected chi connectivity index (χ4v) is 3.01. The first-order chi connectivity index (χ1) is 12.3. The van der Waals surface area contributed by atoms with Gasteiger partial charge in [0, 0.05) is 36.9 Å². The summed E-state index contributed by atoms with van der Waals surface area (Å²) in [5, 5.41) is 0.796. The van der Waals surface area contributed by atoms with Gasteiger partial charge < -0.3 is 13.9 Å². The fraction of sp³-hybridized carbons (Fsp3) is 0.350. The number of aryl methyl sites for hydroxylation is 2. The van der Waals surface area contributed by atoms with Crippen LogP contribution in [0.3, 0.4) is 0 Å². The minimum atomic E-state index is -0.439. The normalized spacial score (nSPS) is 11.3. The number of rotatable bonds is 5. The van der Waals surface area contributed by atoms with Crippen molar-refractivity contribution in [3.8, 4) is 0 Å². The van der Waals surface area contributed by atoms with E-state index in [1.54, 1.807) is 11.1 Å². The molecule has 3 rings (SSSR count). The minimum Gasteiger partial charge on any atom is -0.423 e. The lowest BCUT2D eigenvalue weighted by Gasteiger charge is -2.26. The average molecular weight is 353 g/mol. The molecule has 0 aliphatic carbocycles. The van der Waals surface area contributed by atoms with Crippen LogP contribution in [0.1, 0.15) is 30.8 Å². The molecular formula is C20H23N3O3. The summed E-state index contributed by atoms with van der Waals surface area (Å²) in [6, 6.07) is 7.10.